The van der Waals surface area contributed by atoms with E-state index in [1.807, 2.05) is 13.8 Å². The molecule has 1 aromatic heterocycles. The zero-order valence-electron chi connectivity index (χ0n) is 13.6. The van der Waals surface area contributed by atoms with Gasteiger partial charge in [0.1, 0.15) is 0 Å². The van der Waals surface area contributed by atoms with Crippen molar-refractivity contribution >= 4 is 0 Å². The smallest absolute Gasteiger partial charge is 0.393 e. The summed E-state index contributed by atoms with van der Waals surface area (Å²) in [5, 5.41) is 10.1. The number of hydrogen-bond donors (Lipinski definition) is 1. The maximum atomic E-state index is 12.4. The zero-order valence-corrected chi connectivity index (χ0v) is 13.6. The van der Waals surface area contributed by atoms with E-state index >= 15 is 0 Å². The molecule has 0 amide bonds. The number of aliphatic hydroxyl groups excluding tert-OH is 1. The summed E-state index contributed by atoms with van der Waals surface area (Å²) in [4.78, 5) is 7.31. The molecule has 1 saturated carbocycles. The lowest BCUT2D eigenvalue weighted by molar-refractivity contribution is -0.141. The number of nitrogens with zero attached hydrogens (tertiary/aromatic N) is 2. The molecule has 3 atom stereocenters. The van der Waals surface area contributed by atoms with Gasteiger partial charge in [-0.05, 0) is 31.1 Å². The van der Waals surface area contributed by atoms with Crippen LogP contribution in [0.15, 0.2) is 12.4 Å². The third kappa shape index (κ3) is 4.66. The Morgan fingerprint density at radius 1 is 1.14 bits per heavy atom. The van der Waals surface area contributed by atoms with Crippen molar-refractivity contribution < 1.29 is 18.3 Å². The summed E-state index contributed by atoms with van der Waals surface area (Å²) in [6, 6.07) is 0. The number of aromatic nitrogens is 2. The highest BCUT2D eigenvalue weighted by atomic mass is 19.4. The van der Waals surface area contributed by atoms with Crippen LogP contribution in [0.2, 0.25) is 0 Å². The van der Waals surface area contributed by atoms with E-state index in [4.69, 9.17) is 0 Å². The SMILES string of the molecule is CC.CC(C)C1CCC(c2cnc(C(F)(F)F)cn2)CC1O. The maximum Gasteiger partial charge on any atom is 0.434 e. The van der Waals surface area contributed by atoms with E-state index in [2.05, 4.69) is 23.8 Å². The van der Waals surface area contributed by atoms with E-state index in [1.54, 1.807) is 0 Å². The Kier molecular flexibility index (Phi) is 6.78. The molecule has 3 nitrogen and oxygen atoms in total. The summed E-state index contributed by atoms with van der Waals surface area (Å²) < 4.78 is 37.3. The lowest BCUT2D eigenvalue weighted by Crippen LogP contribution is -2.32. The standard InChI is InChI=1S/C14H19F3N2O.C2H6/c1-8(2)10-4-3-9(5-12(10)20)11-6-19-13(7-18-11)14(15,16)17;1-2/h6-10,12,20H,3-5H2,1-2H3;1-2H3. The molecule has 22 heavy (non-hydrogen) atoms. The van der Waals surface area contributed by atoms with Crippen LogP contribution >= 0.6 is 0 Å². The molecular weight excluding hydrogens is 293 g/mol. The summed E-state index contributed by atoms with van der Waals surface area (Å²) in [6.07, 6.45) is -0.667. The molecule has 0 saturated heterocycles. The number of alkyl halides is 3. The number of halogens is 3. The van der Waals surface area contributed by atoms with Crippen LogP contribution in [0.1, 0.15) is 64.3 Å². The van der Waals surface area contributed by atoms with Gasteiger partial charge in [-0.3, -0.25) is 4.98 Å². The Hall–Kier alpha value is -1.17. The first-order valence-electron chi connectivity index (χ1n) is 7.86. The van der Waals surface area contributed by atoms with Crippen molar-refractivity contribution in [1.29, 1.82) is 0 Å². The summed E-state index contributed by atoms with van der Waals surface area (Å²) in [5.74, 6) is 0.660. The molecule has 0 bridgehead atoms. The Morgan fingerprint density at radius 3 is 2.18 bits per heavy atom. The fourth-order valence-electron chi connectivity index (χ4n) is 2.91. The van der Waals surface area contributed by atoms with Gasteiger partial charge in [0.25, 0.3) is 0 Å². The van der Waals surface area contributed by atoms with Crippen molar-refractivity contribution in [2.45, 2.75) is 65.2 Å². The predicted molar refractivity (Wildman–Crippen MR) is 79.3 cm³/mol. The molecule has 2 rings (SSSR count). The maximum absolute atomic E-state index is 12.4. The zero-order chi connectivity index (χ0) is 16.9. The highest BCUT2D eigenvalue weighted by molar-refractivity contribution is 5.11. The van der Waals surface area contributed by atoms with Crippen molar-refractivity contribution in [1.82, 2.24) is 9.97 Å². The molecule has 0 radical (unpaired) electrons. The van der Waals surface area contributed by atoms with Gasteiger partial charge in [0.15, 0.2) is 5.69 Å². The summed E-state index contributed by atoms with van der Waals surface area (Å²) in [5.41, 5.74) is -0.433. The van der Waals surface area contributed by atoms with E-state index in [9.17, 15) is 18.3 Å². The van der Waals surface area contributed by atoms with Crippen LogP contribution in [0.25, 0.3) is 0 Å². The third-order valence-electron chi connectivity index (χ3n) is 4.11. The minimum absolute atomic E-state index is 0.00483. The van der Waals surface area contributed by atoms with E-state index in [1.165, 1.54) is 6.20 Å². The molecule has 1 aliphatic carbocycles. The van der Waals surface area contributed by atoms with Crippen molar-refractivity contribution in [3.05, 3.63) is 23.8 Å². The molecule has 1 heterocycles. The predicted octanol–water partition coefficient (Wildman–Crippen LogP) is 4.42. The molecule has 1 N–H and O–H groups in total. The molecule has 1 aromatic rings. The van der Waals surface area contributed by atoms with Gasteiger partial charge in [-0.2, -0.15) is 13.2 Å². The minimum Gasteiger partial charge on any atom is -0.393 e. The van der Waals surface area contributed by atoms with Crippen LogP contribution in [0, 0.1) is 11.8 Å². The summed E-state index contributed by atoms with van der Waals surface area (Å²) in [6.45, 7) is 8.15. The van der Waals surface area contributed by atoms with Crippen LogP contribution in [0.4, 0.5) is 13.2 Å². The normalized spacial score (nSPS) is 25.6. The average Bonchev–Trinajstić information content (AvgIpc) is 2.48. The molecule has 0 aliphatic heterocycles. The van der Waals surface area contributed by atoms with Crippen molar-refractivity contribution in [3.63, 3.8) is 0 Å². The molecule has 6 heteroatoms. The summed E-state index contributed by atoms with van der Waals surface area (Å²) >= 11 is 0. The van der Waals surface area contributed by atoms with Crippen molar-refractivity contribution in [2.24, 2.45) is 11.8 Å². The fraction of sp³-hybridized carbons (Fsp3) is 0.750. The van der Waals surface area contributed by atoms with Crippen LogP contribution in [-0.2, 0) is 6.18 Å². The van der Waals surface area contributed by atoms with E-state index < -0.39 is 18.0 Å². The largest absolute Gasteiger partial charge is 0.434 e. The Labute approximate surface area is 130 Å². The van der Waals surface area contributed by atoms with Gasteiger partial charge in [-0.15, -0.1) is 0 Å². The Bertz CT molecular complexity index is 446. The van der Waals surface area contributed by atoms with Crippen LogP contribution < -0.4 is 0 Å². The molecule has 126 valence electrons. The molecule has 0 aromatic carbocycles. The Balaban J connectivity index is 0.00000116. The molecule has 3 unspecified atom stereocenters. The average molecular weight is 318 g/mol. The van der Waals surface area contributed by atoms with E-state index in [-0.39, 0.29) is 11.8 Å². The van der Waals surface area contributed by atoms with Gasteiger partial charge >= 0.3 is 6.18 Å². The van der Waals surface area contributed by atoms with Gasteiger partial charge in [-0.25, -0.2) is 4.98 Å². The lowest BCUT2D eigenvalue weighted by Gasteiger charge is -2.35. The monoisotopic (exact) mass is 318 g/mol. The number of rotatable bonds is 2. The van der Waals surface area contributed by atoms with Crippen molar-refractivity contribution in [3.8, 4) is 0 Å². The fourth-order valence-corrected chi connectivity index (χ4v) is 2.91. The highest BCUT2D eigenvalue weighted by Gasteiger charge is 2.35. The van der Waals surface area contributed by atoms with Crippen LogP contribution in [0.5, 0.6) is 0 Å². The summed E-state index contributed by atoms with van der Waals surface area (Å²) in [7, 11) is 0. The molecule has 1 aliphatic rings. The van der Waals surface area contributed by atoms with Gasteiger partial charge in [0, 0.05) is 12.1 Å². The lowest BCUT2D eigenvalue weighted by atomic mass is 9.74. The number of aliphatic hydroxyl groups is 1. The van der Waals surface area contributed by atoms with Crippen molar-refractivity contribution in [2.75, 3.05) is 0 Å². The van der Waals surface area contributed by atoms with E-state index in [0.717, 1.165) is 19.0 Å². The van der Waals surface area contributed by atoms with Gasteiger partial charge in [0.05, 0.1) is 18.0 Å². The third-order valence-corrected chi connectivity index (χ3v) is 4.11. The second-order valence-corrected chi connectivity index (χ2v) is 5.81. The van der Waals surface area contributed by atoms with E-state index in [0.29, 0.717) is 18.0 Å². The second kappa shape index (κ2) is 7.90. The molecular formula is C16H25F3N2O. The first kappa shape index (κ1) is 18.9. The molecule has 1 fully saturated rings. The van der Waals surface area contributed by atoms with Gasteiger partial charge in [-0.1, -0.05) is 27.7 Å². The minimum atomic E-state index is -4.46. The first-order chi connectivity index (χ1) is 10.3. The second-order valence-electron chi connectivity index (χ2n) is 5.81. The van der Waals surface area contributed by atoms with Crippen LogP contribution in [-0.4, -0.2) is 21.2 Å². The van der Waals surface area contributed by atoms with Gasteiger partial charge in [0.2, 0.25) is 0 Å². The number of hydrogen-bond acceptors (Lipinski definition) is 3. The topological polar surface area (TPSA) is 46.0 Å². The van der Waals surface area contributed by atoms with Crippen LogP contribution in [0.3, 0.4) is 0 Å². The quantitative estimate of drug-likeness (QED) is 0.878. The first-order valence-corrected chi connectivity index (χ1v) is 7.86. The highest BCUT2D eigenvalue weighted by Crippen LogP contribution is 2.38. The molecule has 0 spiro atoms. The Morgan fingerprint density at radius 2 is 1.77 bits per heavy atom. The van der Waals surface area contributed by atoms with Gasteiger partial charge < -0.3 is 5.11 Å².